The average molecular weight is 196 g/mol. The Balaban J connectivity index is 2.90. The highest BCUT2D eigenvalue weighted by molar-refractivity contribution is 5.73. The van der Waals surface area contributed by atoms with E-state index in [0.29, 0.717) is 11.3 Å². The van der Waals surface area contributed by atoms with Crippen LogP contribution in [-0.4, -0.2) is 25.3 Å². The van der Waals surface area contributed by atoms with Crippen molar-refractivity contribution in [3.05, 3.63) is 23.8 Å². The number of carbonyl (C=O) groups excluding carboxylic acids is 1. The molecule has 4 nitrogen and oxygen atoms in total. The lowest BCUT2D eigenvalue weighted by Gasteiger charge is -2.07. The molecule has 0 aliphatic heterocycles. The summed E-state index contributed by atoms with van der Waals surface area (Å²) in [6, 6.07) is 4.59. The maximum Gasteiger partial charge on any atom is 0.310 e. The van der Waals surface area contributed by atoms with E-state index in [1.807, 2.05) is 0 Å². The first kappa shape index (κ1) is 10.4. The van der Waals surface area contributed by atoms with Crippen LogP contribution in [0.3, 0.4) is 0 Å². The lowest BCUT2D eigenvalue weighted by atomic mass is 10.1. The second-order valence-electron chi connectivity index (χ2n) is 2.75. The second-order valence-corrected chi connectivity index (χ2v) is 2.75. The topological polar surface area (TPSA) is 55.8 Å². The molecule has 0 fully saturated rings. The molecule has 1 aromatic rings. The summed E-state index contributed by atoms with van der Waals surface area (Å²) in [6.45, 7) is 0. The molecular weight excluding hydrogens is 184 g/mol. The molecule has 0 unspecified atom stereocenters. The number of benzene rings is 1. The fraction of sp³-hybridized carbons (Fsp3) is 0.300. The molecule has 0 spiro atoms. The molecule has 1 N–H and O–H groups in total. The molecule has 0 saturated carbocycles. The van der Waals surface area contributed by atoms with E-state index in [-0.39, 0.29) is 18.1 Å². The Morgan fingerprint density at radius 1 is 1.43 bits per heavy atom. The number of phenols is 1. The third kappa shape index (κ3) is 2.39. The van der Waals surface area contributed by atoms with Crippen molar-refractivity contribution in [1.82, 2.24) is 0 Å². The van der Waals surface area contributed by atoms with Gasteiger partial charge < -0.3 is 14.6 Å². The molecular formula is C10H12O4. The highest BCUT2D eigenvalue weighted by Crippen LogP contribution is 2.24. The summed E-state index contributed by atoms with van der Waals surface area (Å²) in [5.41, 5.74) is 0.692. The van der Waals surface area contributed by atoms with Crippen LogP contribution in [0, 0.1) is 0 Å². The van der Waals surface area contributed by atoms with Gasteiger partial charge in [-0.2, -0.15) is 0 Å². The van der Waals surface area contributed by atoms with Gasteiger partial charge in [0.25, 0.3) is 0 Å². The first-order chi connectivity index (χ1) is 6.67. The monoisotopic (exact) mass is 196 g/mol. The molecule has 14 heavy (non-hydrogen) atoms. The van der Waals surface area contributed by atoms with Crippen molar-refractivity contribution >= 4 is 5.97 Å². The smallest absolute Gasteiger partial charge is 0.310 e. The molecule has 0 aromatic heterocycles. The lowest BCUT2D eigenvalue weighted by Crippen LogP contribution is -2.05. The van der Waals surface area contributed by atoms with Crippen molar-refractivity contribution in [3.63, 3.8) is 0 Å². The molecule has 1 rings (SSSR count). The fourth-order valence-corrected chi connectivity index (χ4v) is 1.11. The molecule has 0 radical (unpaired) electrons. The minimum absolute atomic E-state index is 0.107. The number of ether oxygens (including phenoxy) is 2. The van der Waals surface area contributed by atoms with Crippen LogP contribution in [0.25, 0.3) is 0 Å². The molecule has 76 valence electrons. The van der Waals surface area contributed by atoms with E-state index in [4.69, 9.17) is 9.84 Å². The Labute approximate surface area is 82.1 Å². The van der Waals surface area contributed by atoms with Crippen LogP contribution >= 0.6 is 0 Å². The third-order valence-electron chi connectivity index (χ3n) is 1.83. The molecule has 0 aliphatic rings. The van der Waals surface area contributed by atoms with E-state index >= 15 is 0 Å². The van der Waals surface area contributed by atoms with Crippen LogP contribution in [-0.2, 0) is 16.0 Å². The number of carbonyl (C=O) groups is 1. The van der Waals surface area contributed by atoms with Crippen LogP contribution < -0.4 is 4.74 Å². The minimum Gasteiger partial charge on any atom is -0.508 e. The zero-order chi connectivity index (χ0) is 10.6. The normalized spacial score (nSPS) is 9.57. The van der Waals surface area contributed by atoms with Crippen LogP contribution in [0.15, 0.2) is 18.2 Å². The Hall–Kier alpha value is -1.71. The van der Waals surface area contributed by atoms with E-state index in [1.54, 1.807) is 6.07 Å². The van der Waals surface area contributed by atoms with Crippen molar-refractivity contribution in [2.45, 2.75) is 6.42 Å². The van der Waals surface area contributed by atoms with Gasteiger partial charge in [0.2, 0.25) is 0 Å². The average Bonchev–Trinajstić information content (AvgIpc) is 2.20. The van der Waals surface area contributed by atoms with Crippen LogP contribution in [0.5, 0.6) is 11.5 Å². The summed E-state index contributed by atoms with van der Waals surface area (Å²) in [4.78, 5) is 11.0. The Kier molecular flexibility index (Phi) is 3.34. The van der Waals surface area contributed by atoms with Gasteiger partial charge in [-0.25, -0.2) is 0 Å². The van der Waals surface area contributed by atoms with Crippen molar-refractivity contribution in [1.29, 1.82) is 0 Å². The number of methoxy groups -OCH3 is 2. The van der Waals surface area contributed by atoms with E-state index in [2.05, 4.69) is 4.74 Å². The molecule has 0 saturated heterocycles. The molecule has 4 heteroatoms. The summed E-state index contributed by atoms with van der Waals surface area (Å²) in [5, 5.41) is 9.16. The van der Waals surface area contributed by atoms with E-state index in [9.17, 15) is 4.79 Å². The van der Waals surface area contributed by atoms with Crippen LogP contribution in [0.2, 0.25) is 0 Å². The third-order valence-corrected chi connectivity index (χ3v) is 1.83. The van der Waals surface area contributed by atoms with Gasteiger partial charge in [0.1, 0.15) is 11.5 Å². The highest BCUT2D eigenvalue weighted by atomic mass is 16.5. The number of rotatable bonds is 3. The van der Waals surface area contributed by atoms with E-state index in [1.165, 1.54) is 26.4 Å². The standard InChI is InChI=1S/C10H12O4/c1-13-9-6-8(11)4-3-7(9)5-10(12)14-2/h3-4,6,11H,5H2,1-2H3. The maximum absolute atomic E-state index is 11.0. The molecule has 0 bridgehead atoms. The van der Waals surface area contributed by atoms with Gasteiger partial charge in [0, 0.05) is 11.6 Å². The van der Waals surface area contributed by atoms with Gasteiger partial charge in [-0.15, -0.1) is 0 Å². The molecule has 0 aliphatic carbocycles. The predicted octanol–water partition coefficient (Wildman–Crippen LogP) is 1.12. The summed E-state index contributed by atoms with van der Waals surface area (Å²) in [6.07, 6.45) is 0.139. The van der Waals surface area contributed by atoms with Crippen LogP contribution in [0.1, 0.15) is 5.56 Å². The zero-order valence-electron chi connectivity index (χ0n) is 8.11. The van der Waals surface area contributed by atoms with Gasteiger partial charge in [0.15, 0.2) is 0 Å². The summed E-state index contributed by atoms with van der Waals surface area (Å²) >= 11 is 0. The molecule has 1 aromatic carbocycles. The molecule has 0 atom stereocenters. The number of phenolic OH excluding ortho intramolecular Hbond substituents is 1. The number of hydrogen-bond donors (Lipinski definition) is 1. The van der Waals surface area contributed by atoms with Crippen molar-refractivity contribution in [2.75, 3.05) is 14.2 Å². The van der Waals surface area contributed by atoms with E-state index < -0.39 is 0 Å². The van der Waals surface area contributed by atoms with Gasteiger partial charge in [-0.3, -0.25) is 4.79 Å². The Morgan fingerprint density at radius 2 is 2.14 bits per heavy atom. The summed E-state index contributed by atoms with van der Waals surface area (Å²) in [5.74, 6) is 0.250. The first-order valence-corrected chi connectivity index (χ1v) is 4.10. The van der Waals surface area contributed by atoms with Crippen molar-refractivity contribution in [2.24, 2.45) is 0 Å². The SMILES string of the molecule is COC(=O)Cc1ccc(O)cc1OC. The maximum atomic E-state index is 11.0. The van der Waals surface area contributed by atoms with Gasteiger partial charge in [-0.05, 0) is 6.07 Å². The lowest BCUT2D eigenvalue weighted by molar-refractivity contribution is -0.139. The fourth-order valence-electron chi connectivity index (χ4n) is 1.11. The van der Waals surface area contributed by atoms with Crippen LogP contribution in [0.4, 0.5) is 0 Å². The quantitative estimate of drug-likeness (QED) is 0.736. The van der Waals surface area contributed by atoms with Gasteiger partial charge >= 0.3 is 5.97 Å². The zero-order valence-corrected chi connectivity index (χ0v) is 8.11. The Morgan fingerprint density at radius 3 is 2.71 bits per heavy atom. The minimum atomic E-state index is -0.339. The number of esters is 1. The molecule has 0 amide bonds. The summed E-state index contributed by atoms with van der Waals surface area (Å²) < 4.78 is 9.53. The van der Waals surface area contributed by atoms with Gasteiger partial charge in [-0.1, -0.05) is 6.07 Å². The summed E-state index contributed by atoms with van der Waals surface area (Å²) in [7, 11) is 2.81. The first-order valence-electron chi connectivity index (χ1n) is 4.10. The number of aromatic hydroxyl groups is 1. The van der Waals surface area contributed by atoms with Gasteiger partial charge in [0.05, 0.1) is 20.6 Å². The van der Waals surface area contributed by atoms with Crippen molar-refractivity contribution < 1.29 is 19.4 Å². The Bertz CT molecular complexity index is 333. The highest BCUT2D eigenvalue weighted by Gasteiger charge is 2.08. The molecule has 0 heterocycles. The second kappa shape index (κ2) is 4.50. The van der Waals surface area contributed by atoms with Crippen molar-refractivity contribution in [3.8, 4) is 11.5 Å². The number of hydrogen-bond acceptors (Lipinski definition) is 4. The largest absolute Gasteiger partial charge is 0.508 e. The predicted molar refractivity (Wildman–Crippen MR) is 50.4 cm³/mol. The van der Waals surface area contributed by atoms with E-state index in [0.717, 1.165) is 0 Å².